The van der Waals surface area contributed by atoms with E-state index >= 15 is 0 Å². The van der Waals surface area contributed by atoms with Crippen LogP contribution < -0.4 is 15.8 Å². The Labute approximate surface area is 185 Å². The van der Waals surface area contributed by atoms with E-state index in [-0.39, 0.29) is 21.4 Å². The summed E-state index contributed by atoms with van der Waals surface area (Å²) in [5.41, 5.74) is 1.18. The molecule has 32 heavy (non-hydrogen) atoms. The normalized spacial score (nSPS) is 15.4. The van der Waals surface area contributed by atoms with Crippen LogP contribution in [0.2, 0.25) is 0 Å². The monoisotopic (exact) mass is 452 g/mol. The number of pyridine rings is 1. The van der Waals surface area contributed by atoms with Crippen molar-refractivity contribution in [1.29, 1.82) is 0 Å². The van der Waals surface area contributed by atoms with E-state index in [0.29, 0.717) is 27.9 Å². The standard InChI is InChI=1S/C22H24N6O3S/c1-27(2)21-22(29)28(14-8-10-23-11-9-14)19-16(26-21)12-24-20-18(19)17(13-25-20)32(30,31)15-6-4-3-5-7-15/h3-7,12-14,23H,8-11H2,1-2H3,(H,24,25). The minimum atomic E-state index is -3.84. The van der Waals surface area contributed by atoms with Crippen LogP contribution >= 0.6 is 0 Å². The fourth-order valence-corrected chi connectivity index (χ4v) is 5.83. The molecule has 166 valence electrons. The first-order chi connectivity index (χ1) is 15.4. The number of H-pyrrole nitrogens is 1. The highest BCUT2D eigenvalue weighted by Crippen LogP contribution is 2.34. The molecule has 1 aliphatic heterocycles. The molecule has 1 saturated heterocycles. The van der Waals surface area contributed by atoms with Gasteiger partial charge in [0.1, 0.15) is 16.1 Å². The van der Waals surface area contributed by atoms with Crippen LogP contribution in [0.5, 0.6) is 0 Å². The summed E-state index contributed by atoms with van der Waals surface area (Å²) in [7, 11) is -0.290. The van der Waals surface area contributed by atoms with Gasteiger partial charge in [0.25, 0.3) is 5.56 Å². The van der Waals surface area contributed by atoms with Crippen molar-refractivity contribution >= 4 is 37.7 Å². The smallest absolute Gasteiger partial charge is 0.294 e. The molecule has 9 nitrogen and oxygen atoms in total. The summed E-state index contributed by atoms with van der Waals surface area (Å²) in [5, 5.41) is 3.73. The molecule has 4 heterocycles. The lowest BCUT2D eigenvalue weighted by atomic mass is 10.1. The quantitative estimate of drug-likeness (QED) is 0.487. The Morgan fingerprint density at radius 1 is 1.12 bits per heavy atom. The Bertz CT molecular complexity index is 1470. The molecule has 1 aliphatic rings. The van der Waals surface area contributed by atoms with Crippen LogP contribution in [-0.2, 0) is 9.84 Å². The van der Waals surface area contributed by atoms with Gasteiger partial charge in [0.05, 0.1) is 22.0 Å². The molecule has 0 radical (unpaired) electrons. The van der Waals surface area contributed by atoms with Gasteiger partial charge in [0.2, 0.25) is 9.84 Å². The topological polar surface area (TPSA) is 113 Å². The number of hydrogen-bond acceptors (Lipinski definition) is 7. The molecule has 4 aromatic rings. The van der Waals surface area contributed by atoms with E-state index in [1.165, 1.54) is 6.20 Å². The van der Waals surface area contributed by atoms with Crippen molar-refractivity contribution in [3.05, 3.63) is 53.1 Å². The zero-order valence-corrected chi connectivity index (χ0v) is 18.7. The molecular weight excluding hydrogens is 428 g/mol. The number of hydrogen-bond donors (Lipinski definition) is 2. The van der Waals surface area contributed by atoms with Gasteiger partial charge in [-0.05, 0) is 38.1 Å². The van der Waals surface area contributed by atoms with E-state index < -0.39 is 9.84 Å². The number of piperidine rings is 1. The molecule has 0 saturated carbocycles. The number of nitrogens with zero attached hydrogens (tertiary/aromatic N) is 4. The molecule has 0 atom stereocenters. The molecule has 3 aromatic heterocycles. The Hall–Kier alpha value is -3.24. The lowest BCUT2D eigenvalue weighted by Gasteiger charge is -2.27. The molecule has 1 aromatic carbocycles. The van der Waals surface area contributed by atoms with Gasteiger partial charge in [-0.25, -0.2) is 18.4 Å². The van der Waals surface area contributed by atoms with Gasteiger partial charge in [-0.15, -0.1) is 0 Å². The van der Waals surface area contributed by atoms with Crippen molar-refractivity contribution in [1.82, 2.24) is 24.8 Å². The van der Waals surface area contributed by atoms with Crippen molar-refractivity contribution in [2.24, 2.45) is 0 Å². The van der Waals surface area contributed by atoms with Crippen LogP contribution in [0.15, 0.2) is 57.3 Å². The summed E-state index contributed by atoms with van der Waals surface area (Å²) in [5.74, 6) is 0.306. The Kier molecular flexibility index (Phi) is 4.98. The van der Waals surface area contributed by atoms with Crippen molar-refractivity contribution in [2.45, 2.75) is 28.7 Å². The number of anilines is 1. The first kappa shape index (κ1) is 20.7. The molecule has 1 fully saturated rings. The minimum absolute atomic E-state index is 0.0688. The fraction of sp³-hybridized carbons (Fsp3) is 0.318. The SMILES string of the molecule is CN(C)c1nc2cnc3[nH]cc(S(=O)(=O)c4ccccc4)c3c2n(C2CCNCC2)c1=O. The minimum Gasteiger partial charge on any atom is -0.358 e. The number of nitrogens with one attached hydrogen (secondary N) is 2. The maximum Gasteiger partial charge on any atom is 0.294 e. The van der Waals surface area contributed by atoms with Gasteiger partial charge in [-0.1, -0.05) is 18.2 Å². The number of sulfone groups is 1. The van der Waals surface area contributed by atoms with Crippen molar-refractivity contribution in [2.75, 3.05) is 32.1 Å². The van der Waals surface area contributed by atoms with E-state index in [0.717, 1.165) is 25.9 Å². The van der Waals surface area contributed by atoms with Crippen LogP contribution in [-0.4, -0.2) is 55.1 Å². The summed E-state index contributed by atoms with van der Waals surface area (Å²) in [6.07, 6.45) is 4.58. The van der Waals surface area contributed by atoms with E-state index in [1.54, 1.807) is 60.1 Å². The molecule has 0 spiro atoms. The van der Waals surface area contributed by atoms with Crippen LogP contribution in [0.3, 0.4) is 0 Å². The fourth-order valence-electron chi connectivity index (χ4n) is 4.38. The van der Waals surface area contributed by atoms with Gasteiger partial charge < -0.3 is 15.2 Å². The predicted molar refractivity (Wildman–Crippen MR) is 123 cm³/mol. The zero-order valence-electron chi connectivity index (χ0n) is 17.9. The van der Waals surface area contributed by atoms with E-state index in [9.17, 15) is 13.2 Å². The lowest BCUT2D eigenvalue weighted by Crippen LogP contribution is -2.37. The summed E-state index contributed by atoms with van der Waals surface area (Å²) in [4.78, 5) is 27.5. The highest BCUT2D eigenvalue weighted by molar-refractivity contribution is 7.91. The number of aromatic nitrogens is 4. The third-order valence-electron chi connectivity index (χ3n) is 5.94. The molecule has 0 aliphatic carbocycles. The Morgan fingerprint density at radius 3 is 2.53 bits per heavy atom. The summed E-state index contributed by atoms with van der Waals surface area (Å²) < 4.78 is 28.8. The second kappa shape index (κ2) is 7.72. The number of aromatic amines is 1. The maximum absolute atomic E-state index is 13.6. The largest absolute Gasteiger partial charge is 0.358 e. The second-order valence-electron chi connectivity index (χ2n) is 8.17. The molecule has 0 amide bonds. The molecule has 10 heteroatoms. The third kappa shape index (κ3) is 3.18. The van der Waals surface area contributed by atoms with Gasteiger partial charge in [-0.3, -0.25) is 9.36 Å². The number of fused-ring (bicyclic) bond motifs is 3. The highest BCUT2D eigenvalue weighted by atomic mass is 32.2. The maximum atomic E-state index is 13.6. The van der Waals surface area contributed by atoms with Crippen LogP contribution in [0.1, 0.15) is 18.9 Å². The molecule has 5 rings (SSSR count). The van der Waals surface area contributed by atoms with Crippen molar-refractivity contribution < 1.29 is 8.42 Å². The highest BCUT2D eigenvalue weighted by Gasteiger charge is 2.28. The van der Waals surface area contributed by atoms with Crippen LogP contribution in [0.4, 0.5) is 5.82 Å². The molecule has 0 bridgehead atoms. The molecular formula is C22H24N6O3S. The third-order valence-corrected chi connectivity index (χ3v) is 7.73. The first-order valence-corrected chi connectivity index (χ1v) is 12.0. The summed E-state index contributed by atoms with van der Waals surface area (Å²) in [6, 6.07) is 8.21. The van der Waals surface area contributed by atoms with Gasteiger partial charge in [0, 0.05) is 26.3 Å². The predicted octanol–water partition coefficient (Wildman–Crippen LogP) is 2.10. The second-order valence-corrected chi connectivity index (χ2v) is 10.1. The van der Waals surface area contributed by atoms with Crippen molar-refractivity contribution in [3.8, 4) is 0 Å². The Morgan fingerprint density at radius 2 is 1.84 bits per heavy atom. The van der Waals surface area contributed by atoms with Gasteiger partial charge in [-0.2, -0.15) is 0 Å². The lowest BCUT2D eigenvalue weighted by molar-refractivity contribution is 0.369. The van der Waals surface area contributed by atoms with Gasteiger partial charge in [0.15, 0.2) is 5.82 Å². The van der Waals surface area contributed by atoms with E-state index in [1.807, 2.05) is 0 Å². The first-order valence-electron chi connectivity index (χ1n) is 10.5. The average molecular weight is 453 g/mol. The summed E-state index contributed by atoms with van der Waals surface area (Å²) >= 11 is 0. The number of rotatable bonds is 4. The van der Waals surface area contributed by atoms with Gasteiger partial charge >= 0.3 is 0 Å². The average Bonchev–Trinajstić information content (AvgIpc) is 3.25. The summed E-state index contributed by atoms with van der Waals surface area (Å²) in [6.45, 7) is 1.57. The van der Waals surface area contributed by atoms with Crippen LogP contribution in [0.25, 0.3) is 22.1 Å². The molecule has 2 N–H and O–H groups in total. The molecule has 0 unspecified atom stereocenters. The van der Waals surface area contributed by atoms with Crippen LogP contribution in [0, 0.1) is 0 Å². The van der Waals surface area contributed by atoms with Crippen molar-refractivity contribution in [3.63, 3.8) is 0 Å². The van der Waals surface area contributed by atoms with E-state index in [4.69, 9.17) is 0 Å². The number of benzene rings is 1. The Balaban J connectivity index is 1.90. The van der Waals surface area contributed by atoms with E-state index in [2.05, 4.69) is 20.3 Å². The zero-order chi connectivity index (χ0) is 22.5.